The minimum Gasteiger partial charge on any atom is -0.338 e. The van der Waals surface area contributed by atoms with Crippen LogP contribution in [0, 0.1) is 17.7 Å². The summed E-state index contributed by atoms with van der Waals surface area (Å²) >= 11 is 5.70. The summed E-state index contributed by atoms with van der Waals surface area (Å²) in [5, 5.41) is 3.33. The van der Waals surface area contributed by atoms with E-state index in [1.54, 1.807) is 0 Å². The molecule has 2 heterocycles. The molecule has 0 aliphatic carbocycles. The Morgan fingerprint density at radius 2 is 1.95 bits per heavy atom. The Labute approximate surface area is 122 Å². The van der Waals surface area contributed by atoms with Crippen LogP contribution in [-0.4, -0.2) is 37.0 Å². The van der Waals surface area contributed by atoms with E-state index in [9.17, 15) is 9.18 Å². The van der Waals surface area contributed by atoms with Crippen molar-refractivity contribution in [1.29, 1.82) is 0 Å². The molecule has 1 N–H and O–H groups in total. The highest BCUT2D eigenvalue weighted by Gasteiger charge is 2.38. The fourth-order valence-corrected chi connectivity index (χ4v) is 3.01. The van der Waals surface area contributed by atoms with Gasteiger partial charge in [-0.2, -0.15) is 0 Å². The SMILES string of the molecule is Cl.O=C(c1ccc(F)c(Cl)c1)N1C[C@H]2CNC[C@H]2C1. The Balaban J connectivity index is 0.00000133. The number of halogens is 3. The van der Waals surface area contributed by atoms with E-state index in [0.717, 1.165) is 26.2 Å². The highest BCUT2D eigenvalue weighted by Crippen LogP contribution is 2.28. The van der Waals surface area contributed by atoms with Crippen molar-refractivity contribution in [2.45, 2.75) is 0 Å². The zero-order chi connectivity index (χ0) is 12.7. The maximum Gasteiger partial charge on any atom is 0.253 e. The Morgan fingerprint density at radius 1 is 1.32 bits per heavy atom. The molecule has 3 nitrogen and oxygen atoms in total. The Hall–Kier alpha value is -0.840. The van der Waals surface area contributed by atoms with E-state index < -0.39 is 5.82 Å². The van der Waals surface area contributed by atoms with Gasteiger partial charge in [0.05, 0.1) is 5.02 Å². The third-order valence-electron chi connectivity index (χ3n) is 3.84. The van der Waals surface area contributed by atoms with Gasteiger partial charge in [0.1, 0.15) is 5.82 Å². The quantitative estimate of drug-likeness (QED) is 0.862. The van der Waals surface area contributed by atoms with Crippen LogP contribution in [0.4, 0.5) is 4.39 Å². The number of carbonyl (C=O) groups is 1. The van der Waals surface area contributed by atoms with Gasteiger partial charge >= 0.3 is 0 Å². The number of nitrogens with zero attached hydrogens (tertiary/aromatic N) is 1. The lowest BCUT2D eigenvalue weighted by atomic mass is 10.0. The number of hydrogen-bond acceptors (Lipinski definition) is 2. The van der Waals surface area contributed by atoms with E-state index in [0.29, 0.717) is 17.4 Å². The first-order valence-electron chi connectivity index (χ1n) is 6.10. The van der Waals surface area contributed by atoms with Crippen LogP contribution in [0.3, 0.4) is 0 Å². The van der Waals surface area contributed by atoms with Gasteiger partial charge in [-0.25, -0.2) is 4.39 Å². The molecule has 1 aromatic carbocycles. The third kappa shape index (κ3) is 2.71. The summed E-state index contributed by atoms with van der Waals surface area (Å²) in [4.78, 5) is 14.1. The van der Waals surface area contributed by atoms with Gasteiger partial charge in [-0.3, -0.25) is 4.79 Å². The molecule has 0 aromatic heterocycles. The number of likely N-dealkylation sites (tertiary alicyclic amines) is 1. The molecule has 2 aliphatic heterocycles. The van der Waals surface area contributed by atoms with Crippen LogP contribution in [0.25, 0.3) is 0 Å². The summed E-state index contributed by atoms with van der Waals surface area (Å²) in [6, 6.07) is 4.15. The topological polar surface area (TPSA) is 32.3 Å². The average Bonchev–Trinajstić information content (AvgIpc) is 2.92. The Kier molecular flexibility index (Phi) is 4.33. The predicted octanol–water partition coefficient (Wildman–Crippen LogP) is 2.19. The molecule has 0 saturated carbocycles. The predicted molar refractivity (Wildman–Crippen MR) is 74.4 cm³/mol. The van der Waals surface area contributed by atoms with Crippen LogP contribution in [0.2, 0.25) is 5.02 Å². The summed E-state index contributed by atoms with van der Waals surface area (Å²) in [6.07, 6.45) is 0. The first-order chi connectivity index (χ1) is 8.65. The standard InChI is InChI=1S/C13H14ClFN2O.ClH/c14-11-3-8(1-2-12(11)15)13(18)17-6-9-4-16-5-10(9)7-17;/h1-3,9-10,16H,4-7H2;1H/t9-,10+;. The van der Waals surface area contributed by atoms with E-state index >= 15 is 0 Å². The molecule has 3 rings (SSSR count). The van der Waals surface area contributed by atoms with E-state index in [1.165, 1.54) is 18.2 Å². The van der Waals surface area contributed by atoms with E-state index in [1.807, 2.05) is 4.90 Å². The summed E-state index contributed by atoms with van der Waals surface area (Å²) in [5.41, 5.74) is 0.467. The largest absolute Gasteiger partial charge is 0.338 e. The van der Waals surface area contributed by atoms with Crippen molar-refractivity contribution in [2.75, 3.05) is 26.2 Å². The first kappa shape index (κ1) is 14.6. The fraction of sp³-hybridized carbons (Fsp3) is 0.462. The van der Waals surface area contributed by atoms with Crippen molar-refractivity contribution >= 4 is 29.9 Å². The van der Waals surface area contributed by atoms with Crippen LogP contribution in [-0.2, 0) is 0 Å². The number of rotatable bonds is 1. The lowest BCUT2D eigenvalue weighted by molar-refractivity contribution is 0.0781. The number of amides is 1. The third-order valence-corrected chi connectivity index (χ3v) is 4.13. The second-order valence-corrected chi connectivity index (χ2v) is 5.42. The molecule has 1 amide bonds. The second-order valence-electron chi connectivity index (χ2n) is 5.02. The van der Waals surface area contributed by atoms with Crippen molar-refractivity contribution in [3.05, 3.63) is 34.6 Å². The molecular weight excluding hydrogens is 290 g/mol. The number of nitrogens with one attached hydrogen (secondary N) is 1. The lowest BCUT2D eigenvalue weighted by Crippen LogP contribution is -2.31. The lowest BCUT2D eigenvalue weighted by Gasteiger charge is -2.17. The molecular formula is C13H15Cl2FN2O. The van der Waals surface area contributed by atoms with Gasteiger partial charge in [-0.15, -0.1) is 12.4 Å². The maximum atomic E-state index is 13.1. The van der Waals surface area contributed by atoms with Crippen LogP contribution in [0.15, 0.2) is 18.2 Å². The molecule has 6 heteroatoms. The van der Waals surface area contributed by atoms with Gasteiger partial charge in [0, 0.05) is 31.7 Å². The van der Waals surface area contributed by atoms with Crippen molar-refractivity contribution in [3.8, 4) is 0 Å². The molecule has 2 saturated heterocycles. The summed E-state index contributed by atoms with van der Waals surface area (Å²) in [7, 11) is 0. The highest BCUT2D eigenvalue weighted by atomic mass is 35.5. The molecule has 104 valence electrons. The highest BCUT2D eigenvalue weighted by molar-refractivity contribution is 6.31. The molecule has 0 spiro atoms. The van der Waals surface area contributed by atoms with Crippen molar-refractivity contribution < 1.29 is 9.18 Å². The molecule has 1 aromatic rings. The molecule has 2 aliphatic rings. The van der Waals surface area contributed by atoms with Gasteiger partial charge in [0.2, 0.25) is 0 Å². The minimum atomic E-state index is -0.490. The zero-order valence-corrected chi connectivity index (χ0v) is 11.8. The van der Waals surface area contributed by atoms with E-state index in [-0.39, 0.29) is 23.3 Å². The molecule has 0 unspecified atom stereocenters. The molecule has 0 radical (unpaired) electrons. The number of hydrogen-bond donors (Lipinski definition) is 1. The smallest absolute Gasteiger partial charge is 0.253 e. The van der Waals surface area contributed by atoms with Crippen molar-refractivity contribution in [2.24, 2.45) is 11.8 Å². The molecule has 19 heavy (non-hydrogen) atoms. The fourth-order valence-electron chi connectivity index (χ4n) is 2.83. The summed E-state index contributed by atoms with van der Waals surface area (Å²) in [5.74, 6) is 0.580. The summed E-state index contributed by atoms with van der Waals surface area (Å²) < 4.78 is 13.1. The van der Waals surface area contributed by atoms with Crippen LogP contribution in [0.5, 0.6) is 0 Å². The van der Waals surface area contributed by atoms with Gasteiger partial charge in [0.25, 0.3) is 5.91 Å². The molecule has 2 fully saturated rings. The normalized spacial score (nSPS) is 25.1. The van der Waals surface area contributed by atoms with Gasteiger partial charge in [0.15, 0.2) is 0 Å². The van der Waals surface area contributed by atoms with Crippen molar-refractivity contribution in [3.63, 3.8) is 0 Å². The van der Waals surface area contributed by atoms with Gasteiger partial charge in [-0.1, -0.05) is 11.6 Å². The van der Waals surface area contributed by atoms with Gasteiger partial charge in [-0.05, 0) is 30.0 Å². The van der Waals surface area contributed by atoms with Gasteiger partial charge < -0.3 is 10.2 Å². The van der Waals surface area contributed by atoms with Crippen LogP contribution >= 0.6 is 24.0 Å². The van der Waals surface area contributed by atoms with Crippen LogP contribution in [0.1, 0.15) is 10.4 Å². The second kappa shape index (κ2) is 5.65. The van der Waals surface area contributed by atoms with Crippen molar-refractivity contribution in [1.82, 2.24) is 10.2 Å². The number of fused-ring (bicyclic) bond motifs is 1. The average molecular weight is 305 g/mol. The number of carbonyl (C=O) groups excluding carboxylic acids is 1. The first-order valence-corrected chi connectivity index (χ1v) is 6.48. The summed E-state index contributed by atoms with van der Waals surface area (Å²) in [6.45, 7) is 3.54. The Morgan fingerprint density at radius 3 is 2.53 bits per heavy atom. The minimum absolute atomic E-state index is 0. The van der Waals surface area contributed by atoms with E-state index in [2.05, 4.69) is 5.32 Å². The maximum absolute atomic E-state index is 13.1. The monoisotopic (exact) mass is 304 g/mol. The molecule has 0 bridgehead atoms. The number of benzene rings is 1. The molecule has 2 atom stereocenters. The van der Waals surface area contributed by atoms with Crippen LogP contribution < -0.4 is 5.32 Å². The Bertz CT molecular complexity index is 486. The zero-order valence-electron chi connectivity index (χ0n) is 10.2. The van der Waals surface area contributed by atoms with E-state index in [4.69, 9.17) is 11.6 Å².